The number of phenolic OH excluding ortho intramolecular Hbond substituents is 1. The molecule has 3 rings (SSSR count). The highest BCUT2D eigenvalue weighted by molar-refractivity contribution is 7.71. The fourth-order valence-corrected chi connectivity index (χ4v) is 2.74. The summed E-state index contributed by atoms with van der Waals surface area (Å²) < 4.78 is 2.02. The Kier molecular flexibility index (Phi) is 4.31. The Balaban J connectivity index is 2.02. The molecular formula is C18H18N4OS. The lowest BCUT2D eigenvalue weighted by Gasteiger charge is -2.05. The molecule has 0 atom stereocenters. The molecule has 0 spiro atoms. The molecule has 122 valence electrons. The third-order valence-electron chi connectivity index (χ3n) is 3.76. The first-order valence-electron chi connectivity index (χ1n) is 7.55. The molecule has 0 bridgehead atoms. The smallest absolute Gasteiger partial charge is 0.216 e. The van der Waals surface area contributed by atoms with Crippen molar-refractivity contribution >= 4 is 18.4 Å². The van der Waals surface area contributed by atoms with Crippen LogP contribution in [0.4, 0.5) is 0 Å². The van der Waals surface area contributed by atoms with Gasteiger partial charge in [-0.1, -0.05) is 23.8 Å². The molecule has 24 heavy (non-hydrogen) atoms. The van der Waals surface area contributed by atoms with Crippen LogP contribution in [0.2, 0.25) is 0 Å². The Hall–Kier alpha value is -2.73. The van der Waals surface area contributed by atoms with Crippen LogP contribution in [-0.4, -0.2) is 26.2 Å². The summed E-state index contributed by atoms with van der Waals surface area (Å²) in [5.74, 6) is 0.972. The molecule has 0 aliphatic rings. The summed E-state index contributed by atoms with van der Waals surface area (Å²) in [6.45, 7) is 5.75. The monoisotopic (exact) mass is 338 g/mol. The van der Waals surface area contributed by atoms with Crippen molar-refractivity contribution < 1.29 is 5.11 Å². The summed E-state index contributed by atoms with van der Waals surface area (Å²) >= 11 is 5.28. The number of aryl methyl sites for hydroxylation is 3. The number of hydrogen-bond donors (Lipinski definition) is 2. The molecule has 0 aliphatic carbocycles. The van der Waals surface area contributed by atoms with Gasteiger partial charge in [0.2, 0.25) is 4.77 Å². The third kappa shape index (κ3) is 3.14. The van der Waals surface area contributed by atoms with Gasteiger partial charge in [0, 0.05) is 5.56 Å². The second-order valence-corrected chi connectivity index (χ2v) is 6.17. The highest BCUT2D eigenvalue weighted by atomic mass is 32.1. The molecule has 6 heteroatoms. The van der Waals surface area contributed by atoms with E-state index in [2.05, 4.69) is 15.3 Å². The van der Waals surface area contributed by atoms with Crippen LogP contribution in [0.1, 0.15) is 22.3 Å². The van der Waals surface area contributed by atoms with Crippen LogP contribution >= 0.6 is 12.2 Å². The van der Waals surface area contributed by atoms with E-state index < -0.39 is 0 Å². The molecule has 0 fully saturated rings. The van der Waals surface area contributed by atoms with E-state index in [0.29, 0.717) is 16.3 Å². The van der Waals surface area contributed by atoms with Crippen LogP contribution < -0.4 is 0 Å². The number of rotatable bonds is 3. The summed E-state index contributed by atoms with van der Waals surface area (Å²) in [5, 5.41) is 21.4. The quantitative estimate of drug-likeness (QED) is 0.557. The first-order valence-corrected chi connectivity index (χ1v) is 7.95. The van der Waals surface area contributed by atoms with Gasteiger partial charge in [0.1, 0.15) is 5.75 Å². The Bertz CT molecular complexity index is 962. The fourth-order valence-electron chi connectivity index (χ4n) is 2.56. The van der Waals surface area contributed by atoms with Gasteiger partial charge in [-0.15, -0.1) is 0 Å². The average Bonchev–Trinajstić information content (AvgIpc) is 2.91. The minimum absolute atomic E-state index is 0.313. The number of H-pyrrole nitrogens is 1. The SMILES string of the molecule is Cc1cccc(-c2n[nH]c(=S)n2N=Cc2cc(C)c(O)c(C)c2)c1. The van der Waals surface area contributed by atoms with E-state index in [-0.39, 0.29) is 0 Å². The normalized spacial score (nSPS) is 11.3. The van der Waals surface area contributed by atoms with E-state index in [1.807, 2.05) is 57.2 Å². The van der Waals surface area contributed by atoms with Crippen LogP contribution in [0.15, 0.2) is 41.5 Å². The standard InChI is InChI=1S/C18H18N4OS/c1-11-5-4-6-15(7-11)17-20-21-18(24)22(17)19-10-14-8-12(2)16(23)13(3)9-14/h4-10,23H,1-3H3,(H,21,24). The summed E-state index contributed by atoms with van der Waals surface area (Å²) in [5.41, 5.74) is 4.60. The van der Waals surface area contributed by atoms with E-state index in [1.165, 1.54) is 0 Å². The largest absolute Gasteiger partial charge is 0.507 e. The van der Waals surface area contributed by atoms with Gasteiger partial charge in [-0.3, -0.25) is 0 Å². The van der Waals surface area contributed by atoms with Crippen LogP contribution in [0.3, 0.4) is 0 Å². The van der Waals surface area contributed by atoms with Crippen molar-refractivity contribution in [3.8, 4) is 17.1 Å². The molecule has 1 heterocycles. The molecule has 0 radical (unpaired) electrons. The number of aromatic nitrogens is 3. The molecule has 5 nitrogen and oxygen atoms in total. The molecule has 2 aromatic carbocycles. The van der Waals surface area contributed by atoms with Crippen LogP contribution in [-0.2, 0) is 0 Å². The van der Waals surface area contributed by atoms with Gasteiger partial charge < -0.3 is 5.11 Å². The Morgan fingerprint density at radius 1 is 1.17 bits per heavy atom. The molecule has 0 saturated carbocycles. The lowest BCUT2D eigenvalue weighted by Crippen LogP contribution is -1.96. The van der Waals surface area contributed by atoms with Crippen molar-refractivity contribution in [1.82, 2.24) is 14.9 Å². The van der Waals surface area contributed by atoms with Crippen molar-refractivity contribution in [1.29, 1.82) is 0 Å². The molecule has 0 saturated heterocycles. The Morgan fingerprint density at radius 3 is 2.54 bits per heavy atom. The number of nitrogens with one attached hydrogen (secondary N) is 1. The zero-order valence-corrected chi connectivity index (χ0v) is 14.6. The number of aromatic amines is 1. The van der Waals surface area contributed by atoms with Crippen molar-refractivity contribution in [3.63, 3.8) is 0 Å². The van der Waals surface area contributed by atoms with E-state index >= 15 is 0 Å². The van der Waals surface area contributed by atoms with E-state index in [9.17, 15) is 5.11 Å². The maximum Gasteiger partial charge on any atom is 0.216 e. The molecule has 1 aromatic heterocycles. The second kappa shape index (κ2) is 6.41. The molecule has 3 aromatic rings. The van der Waals surface area contributed by atoms with Gasteiger partial charge in [0.05, 0.1) is 6.21 Å². The molecule has 2 N–H and O–H groups in total. The van der Waals surface area contributed by atoms with E-state index in [0.717, 1.165) is 27.8 Å². The number of phenols is 1. The lowest BCUT2D eigenvalue weighted by molar-refractivity contribution is 0.467. The van der Waals surface area contributed by atoms with Gasteiger partial charge in [0.25, 0.3) is 0 Å². The van der Waals surface area contributed by atoms with Gasteiger partial charge in [0.15, 0.2) is 5.82 Å². The third-order valence-corrected chi connectivity index (χ3v) is 4.03. The number of nitrogens with zero attached hydrogens (tertiary/aromatic N) is 3. The predicted octanol–water partition coefficient (Wildman–Crippen LogP) is 4.12. The van der Waals surface area contributed by atoms with Crippen molar-refractivity contribution in [2.24, 2.45) is 5.10 Å². The maximum absolute atomic E-state index is 9.86. The topological polar surface area (TPSA) is 66.2 Å². The summed E-state index contributed by atoms with van der Waals surface area (Å²) in [6.07, 6.45) is 1.71. The van der Waals surface area contributed by atoms with Gasteiger partial charge in [-0.05, 0) is 67.9 Å². The van der Waals surface area contributed by atoms with Gasteiger partial charge in [-0.2, -0.15) is 14.9 Å². The van der Waals surface area contributed by atoms with Crippen LogP contribution in [0, 0.1) is 25.5 Å². The summed E-state index contributed by atoms with van der Waals surface area (Å²) in [6, 6.07) is 11.8. The minimum Gasteiger partial charge on any atom is -0.507 e. The second-order valence-electron chi connectivity index (χ2n) is 5.78. The number of aromatic hydroxyl groups is 1. The van der Waals surface area contributed by atoms with E-state index in [4.69, 9.17) is 12.2 Å². The zero-order chi connectivity index (χ0) is 17.3. The predicted molar refractivity (Wildman–Crippen MR) is 98.2 cm³/mol. The van der Waals surface area contributed by atoms with Gasteiger partial charge in [-0.25, -0.2) is 5.10 Å². The van der Waals surface area contributed by atoms with E-state index in [1.54, 1.807) is 10.9 Å². The molecule has 0 unspecified atom stereocenters. The van der Waals surface area contributed by atoms with Crippen molar-refractivity contribution in [3.05, 3.63) is 63.4 Å². The Labute approximate surface area is 145 Å². The minimum atomic E-state index is 0.313. The number of hydrogen-bond acceptors (Lipinski definition) is 4. The summed E-state index contributed by atoms with van der Waals surface area (Å²) in [7, 11) is 0. The molecule has 0 amide bonds. The fraction of sp³-hybridized carbons (Fsp3) is 0.167. The summed E-state index contributed by atoms with van der Waals surface area (Å²) in [4.78, 5) is 0. The van der Waals surface area contributed by atoms with Crippen LogP contribution in [0.25, 0.3) is 11.4 Å². The molecular weight excluding hydrogens is 320 g/mol. The van der Waals surface area contributed by atoms with Crippen molar-refractivity contribution in [2.45, 2.75) is 20.8 Å². The lowest BCUT2D eigenvalue weighted by atomic mass is 10.1. The maximum atomic E-state index is 9.86. The highest BCUT2D eigenvalue weighted by Crippen LogP contribution is 2.22. The first kappa shape index (κ1) is 16.1. The van der Waals surface area contributed by atoms with Crippen molar-refractivity contribution in [2.75, 3.05) is 0 Å². The average molecular weight is 338 g/mol. The Morgan fingerprint density at radius 2 is 1.88 bits per heavy atom. The van der Waals surface area contributed by atoms with Crippen LogP contribution in [0.5, 0.6) is 5.75 Å². The molecule has 0 aliphatic heterocycles. The number of benzene rings is 2. The first-order chi connectivity index (χ1) is 11.5. The zero-order valence-electron chi connectivity index (χ0n) is 13.7. The highest BCUT2D eigenvalue weighted by Gasteiger charge is 2.08. The van der Waals surface area contributed by atoms with Gasteiger partial charge >= 0.3 is 0 Å².